The number of nitrogens with zero attached hydrogens (tertiary/aromatic N) is 1. The lowest BCUT2D eigenvalue weighted by Crippen LogP contribution is -2.44. The Labute approximate surface area is 126 Å². The maximum atomic E-state index is 13.4. The van der Waals surface area contributed by atoms with Gasteiger partial charge in [0.15, 0.2) is 11.1 Å². The van der Waals surface area contributed by atoms with E-state index in [4.69, 9.17) is 33.0 Å². The minimum atomic E-state index is -1.90. The number of rotatable bonds is 2. The van der Waals surface area contributed by atoms with Crippen molar-refractivity contribution in [1.82, 2.24) is 9.55 Å². The third kappa shape index (κ3) is 2.59. The average molecular weight is 339 g/mol. The first-order chi connectivity index (χ1) is 9.85. The lowest BCUT2D eigenvalue weighted by molar-refractivity contribution is -0.0467. The fraction of sp³-hybridized carbons (Fsp3) is 0.455. The summed E-state index contributed by atoms with van der Waals surface area (Å²) in [4.78, 5) is 22.6. The quantitative estimate of drug-likeness (QED) is 0.479. The Kier molecular flexibility index (Phi) is 4.41. The molecule has 0 amide bonds. The summed E-state index contributed by atoms with van der Waals surface area (Å²) in [5, 5.41) is 21.1. The zero-order valence-electron chi connectivity index (χ0n) is 10.2. The van der Waals surface area contributed by atoms with Crippen molar-refractivity contribution in [3.8, 4) is 11.3 Å². The summed E-state index contributed by atoms with van der Waals surface area (Å²) < 4.78 is 19.2. The van der Waals surface area contributed by atoms with E-state index in [9.17, 15) is 19.1 Å². The second-order valence-corrected chi connectivity index (χ2v) is 5.10. The number of aliphatic hydroxyl groups is 2. The van der Waals surface area contributed by atoms with Crippen LogP contribution in [-0.4, -0.2) is 43.5 Å². The lowest BCUT2D eigenvalue weighted by Gasteiger charge is -2.25. The summed E-state index contributed by atoms with van der Waals surface area (Å²) in [7, 11) is 0. The van der Waals surface area contributed by atoms with Crippen molar-refractivity contribution in [2.75, 3.05) is 6.61 Å². The molecule has 4 atom stereocenters. The average Bonchev–Trinajstić information content (AvgIpc) is 2.67. The van der Waals surface area contributed by atoms with E-state index in [1.165, 1.54) is 0 Å². The fourth-order valence-corrected chi connectivity index (χ4v) is 2.56. The maximum Gasteiger partial charge on any atom is 0.330 e. The van der Waals surface area contributed by atoms with Gasteiger partial charge < -0.3 is 14.9 Å². The number of hydrogen-bond donors (Lipinski definition) is 3. The highest BCUT2D eigenvalue weighted by Gasteiger charge is 2.56. The summed E-state index contributed by atoms with van der Waals surface area (Å²) in [6, 6.07) is 0. The van der Waals surface area contributed by atoms with Crippen LogP contribution in [0.1, 0.15) is 6.23 Å². The summed E-state index contributed by atoms with van der Waals surface area (Å²) in [5.41, 5.74) is -2.23. The second kappa shape index (κ2) is 5.79. The van der Waals surface area contributed by atoms with Crippen LogP contribution in [0.4, 0.5) is 4.39 Å². The van der Waals surface area contributed by atoms with Crippen molar-refractivity contribution in [3.05, 3.63) is 32.9 Å². The fourth-order valence-electron chi connectivity index (χ4n) is 2.01. The summed E-state index contributed by atoms with van der Waals surface area (Å²) in [6.45, 7) is -0.614. The van der Waals surface area contributed by atoms with Gasteiger partial charge in [-0.1, -0.05) is 17.5 Å². The zero-order chi connectivity index (χ0) is 15.8. The Bertz CT molecular complexity index is 724. The summed E-state index contributed by atoms with van der Waals surface area (Å²) in [6.07, 6.45) is -3.55. The molecule has 0 aliphatic carbocycles. The molecule has 7 nitrogen and oxygen atoms in total. The standard InChI is InChI=1S/C11H9Cl2FN2O5/c12-2-1-11(13)7(18)6(4-17)21-9(11)16-3-5(14)8(19)15-10(16)20/h3,6-7,9,17-18H,4H2,(H,15,19,20)/t6-,7?,9-,11-/m1/s1. The zero-order valence-corrected chi connectivity index (χ0v) is 11.7. The number of H-pyrrole nitrogens is 1. The molecule has 1 aliphatic rings. The van der Waals surface area contributed by atoms with E-state index < -0.39 is 47.0 Å². The Balaban J connectivity index is 2.60. The highest BCUT2D eigenvalue weighted by molar-refractivity contribution is 6.32. The summed E-state index contributed by atoms with van der Waals surface area (Å²) >= 11 is 11.4. The van der Waals surface area contributed by atoms with E-state index in [1.54, 1.807) is 4.98 Å². The second-order valence-electron chi connectivity index (χ2n) is 4.29. The van der Waals surface area contributed by atoms with Gasteiger partial charge in [0.05, 0.1) is 12.8 Å². The molecule has 2 heterocycles. The monoisotopic (exact) mass is 338 g/mol. The smallest absolute Gasteiger partial charge is 0.330 e. The minimum absolute atomic E-state index is 0.575. The van der Waals surface area contributed by atoms with Crippen LogP contribution in [0.2, 0.25) is 0 Å². The van der Waals surface area contributed by atoms with Gasteiger partial charge >= 0.3 is 5.69 Å². The van der Waals surface area contributed by atoms with Gasteiger partial charge in [0.25, 0.3) is 5.56 Å². The lowest BCUT2D eigenvalue weighted by atomic mass is 9.99. The highest BCUT2D eigenvalue weighted by Crippen LogP contribution is 2.42. The maximum absolute atomic E-state index is 13.4. The first kappa shape index (κ1) is 16.0. The molecule has 1 fully saturated rings. The Morgan fingerprint density at radius 2 is 2.24 bits per heavy atom. The highest BCUT2D eigenvalue weighted by atomic mass is 35.5. The molecule has 0 saturated carbocycles. The van der Waals surface area contributed by atoms with Crippen molar-refractivity contribution in [3.63, 3.8) is 0 Å². The number of ether oxygens (including phenoxy) is 1. The van der Waals surface area contributed by atoms with Crippen LogP contribution in [0.15, 0.2) is 15.8 Å². The van der Waals surface area contributed by atoms with Crippen molar-refractivity contribution in [2.45, 2.75) is 23.3 Å². The molecule has 0 aromatic carbocycles. The van der Waals surface area contributed by atoms with Crippen LogP contribution >= 0.6 is 23.2 Å². The van der Waals surface area contributed by atoms with Crippen molar-refractivity contribution in [1.29, 1.82) is 0 Å². The van der Waals surface area contributed by atoms with Gasteiger partial charge in [-0.25, -0.2) is 4.79 Å². The third-order valence-corrected chi connectivity index (χ3v) is 3.64. The largest absolute Gasteiger partial charge is 0.394 e. The number of aromatic nitrogens is 2. The van der Waals surface area contributed by atoms with Gasteiger partial charge in [0.1, 0.15) is 12.2 Å². The molecule has 1 unspecified atom stereocenters. The van der Waals surface area contributed by atoms with E-state index in [-0.39, 0.29) is 0 Å². The third-order valence-electron chi connectivity index (χ3n) is 3.04. The molecule has 1 aromatic rings. The number of aliphatic hydroxyl groups excluding tert-OH is 2. The van der Waals surface area contributed by atoms with Crippen LogP contribution in [0.5, 0.6) is 0 Å². The van der Waals surface area contributed by atoms with Gasteiger partial charge in [-0.15, -0.1) is 0 Å². The van der Waals surface area contributed by atoms with Crippen LogP contribution in [0.3, 0.4) is 0 Å². The molecule has 10 heteroatoms. The molecule has 1 aliphatic heterocycles. The number of halogens is 3. The van der Waals surface area contributed by atoms with Gasteiger partial charge in [0.2, 0.25) is 5.82 Å². The van der Waals surface area contributed by atoms with Crippen LogP contribution < -0.4 is 11.2 Å². The molecule has 2 rings (SSSR count). The molecule has 0 bridgehead atoms. The first-order valence-corrected chi connectivity index (χ1v) is 6.37. The van der Waals surface area contributed by atoms with Gasteiger partial charge in [-0.3, -0.25) is 14.3 Å². The topological polar surface area (TPSA) is 105 Å². The number of aromatic amines is 1. The van der Waals surface area contributed by atoms with Crippen LogP contribution in [0.25, 0.3) is 0 Å². The molecular weight excluding hydrogens is 330 g/mol. The summed E-state index contributed by atoms with van der Waals surface area (Å²) in [5.74, 6) is 1.01. The van der Waals surface area contributed by atoms with Crippen molar-refractivity contribution in [2.24, 2.45) is 0 Å². The van der Waals surface area contributed by atoms with Gasteiger partial charge in [-0.2, -0.15) is 4.39 Å². The minimum Gasteiger partial charge on any atom is -0.394 e. The molecule has 114 valence electrons. The van der Waals surface area contributed by atoms with E-state index >= 15 is 0 Å². The molecule has 0 spiro atoms. The Morgan fingerprint density at radius 3 is 2.81 bits per heavy atom. The number of alkyl halides is 1. The molecule has 1 saturated heterocycles. The SMILES string of the molecule is O=c1[nH]c(=O)n([C@@H]2O[C@H](CO)C(O)[C@]2(Cl)C#CCl)cc1F. The van der Waals surface area contributed by atoms with Crippen molar-refractivity contribution >= 4 is 23.2 Å². The molecule has 0 radical (unpaired) electrons. The van der Waals surface area contributed by atoms with Crippen molar-refractivity contribution < 1.29 is 19.3 Å². The first-order valence-electron chi connectivity index (χ1n) is 5.62. The Morgan fingerprint density at radius 1 is 1.57 bits per heavy atom. The van der Waals surface area contributed by atoms with E-state index in [2.05, 4.69) is 5.92 Å². The predicted octanol–water partition coefficient (Wildman–Crippen LogP) is -0.896. The number of nitrogens with one attached hydrogen (secondary N) is 1. The molecule has 1 aromatic heterocycles. The van der Waals surface area contributed by atoms with Gasteiger partial charge in [0, 0.05) is 5.38 Å². The molecular formula is C11H9Cl2FN2O5. The van der Waals surface area contributed by atoms with E-state index in [1.807, 2.05) is 5.38 Å². The van der Waals surface area contributed by atoms with Crippen LogP contribution in [-0.2, 0) is 4.74 Å². The van der Waals surface area contributed by atoms with E-state index in [0.29, 0.717) is 10.8 Å². The van der Waals surface area contributed by atoms with Crippen LogP contribution in [0, 0.1) is 17.1 Å². The van der Waals surface area contributed by atoms with E-state index in [0.717, 1.165) is 0 Å². The molecule has 3 N–H and O–H groups in total. The predicted molar refractivity (Wildman–Crippen MR) is 70.5 cm³/mol. The normalized spacial score (nSPS) is 31.8. The number of hydrogen-bond acceptors (Lipinski definition) is 5. The molecule has 21 heavy (non-hydrogen) atoms. The van der Waals surface area contributed by atoms with Gasteiger partial charge in [-0.05, 0) is 11.6 Å². The Hall–Kier alpha value is -1.37.